The predicted molar refractivity (Wildman–Crippen MR) is 67.2 cm³/mol. The van der Waals surface area contributed by atoms with Gasteiger partial charge in [-0.2, -0.15) is 5.26 Å². The van der Waals surface area contributed by atoms with Crippen molar-refractivity contribution in [1.82, 2.24) is 5.32 Å². The molecule has 0 aliphatic rings. The molecule has 3 nitrogen and oxygen atoms in total. The molecule has 0 aliphatic carbocycles. The summed E-state index contributed by atoms with van der Waals surface area (Å²) in [5.74, 6) is 0. The maximum atomic E-state index is 8.87. The largest absolute Gasteiger partial charge is 0.383 e. The summed E-state index contributed by atoms with van der Waals surface area (Å²) in [5.41, 5.74) is -0.137. The Labute approximate surface area is 100 Å². The minimum absolute atomic E-state index is 0.0412. The van der Waals surface area contributed by atoms with Gasteiger partial charge in [0.1, 0.15) is 0 Å². The van der Waals surface area contributed by atoms with E-state index in [1.165, 1.54) is 0 Å². The third-order valence-electron chi connectivity index (χ3n) is 2.64. The molecule has 0 rings (SSSR count). The maximum Gasteiger partial charge on any atom is 0.0683 e. The molecule has 0 heterocycles. The Morgan fingerprint density at radius 2 is 1.81 bits per heavy atom. The highest BCUT2D eigenvalue weighted by molar-refractivity contribution is 4.91. The SMILES string of the molecule is COCC(C)(C)NCCCCC(C)(C)C#N. The first-order valence-electron chi connectivity index (χ1n) is 5.98. The number of hydrogen-bond acceptors (Lipinski definition) is 3. The molecule has 94 valence electrons. The van der Waals surface area contributed by atoms with Crippen LogP contribution in [0.4, 0.5) is 0 Å². The molecule has 3 heteroatoms. The zero-order valence-corrected chi connectivity index (χ0v) is 11.4. The van der Waals surface area contributed by atoms with E-state index in [4.69, 9.17) is 10.00 Å². The highest BCUT2D eigenvalue weighted by atomic mass is 16.5. The third-order valence-corrected chi connectivity index (χ3v) is 2.64. The lowest BCUT2D eigenvalue weighted by Gasteiger charge is -2.25. The average molecular weight is 226 g/mol. The molecule has 0 saturated carbocycles. The van der Waals surface area contributed by atoms with Gasteiger partial charge in [-0.3, -0.25) is 0 Å². The van der Waals surface area contributed by atoms with Crippen molar-refractivity contribution in [3.63, 3.8) is 0 Å². The van der Waals surface area contributed by atoms with Crippen molar-refractivity contribution in [2.75, 3.05) is 20.3 Å². The molecular weight excluding hydrogens is 200 g/mol. The van der Waals surface area contributed by atoms with Gasteiger partial charge in [-0.1, -0.05) is 6.42 Å². The number of hydrogen-bond donors (Lipinski definition) is 1. The van der Waals surface area contributed by atoms with Crippen LogP contribution < -0.4 is 5.32 Å². The number of ether oxygens (including phenoxy) is 1. The van der Waals surface area contributed by atoms with E-state index in [2.05, 4.69) is 25.2 Å². The van der Waals surface area contributed by atoms with Crippen molar-refractivity contribution in [3.05, 3.63) is 0 Å². The first-order valence-corrected chi connectivity index (χ1v) is 5.98. The van der Waals surface area contributed by atoms with E-state index in [-0.39, 0.29) is 11.0 Å². The van der Waals surface area contributed by atoms with Crippen LogP contribution in [0.1, 0.15) is 47.0 Å². The van der Waals surface area contributed by atoms with Crippen LogP contribution in [0.5, 0.6) is 0 Å². The van der Waals surface area contributed by atoms with Crippen LogP contribution in [0, 0.1) is 16.7 Å². The zero-order valence-electron chi connectivity index (χ0n) is 11.4. The Morgan fingerprint density at radius 1 is 1.19 bits per heavy atom. The summed E-state index contributed by atoms with van der Waals surface area (Å²) in [6.07, 6.45) is 3.17. The summed E-state index contributed by atoms with van der Waals surface area (Å²) in [4.78, 5) is 0. The number of rotatable bonds is 8. The smallest absolute Gasteiger partial charge is 0.0683 e. The van der Waals surface area contributed by atoms with Crippen molar-refractivity contribution in [2.45, 2.75) is 52.5 Å². The number of methoxy groups -OCH3 is 1. The summed E-state index contributed by atoms with van der Waals surface area (Å²) in [5, 5.41) is 12.3. The molecule has 0 spiro atoms. The summed E-state index contributed by atoms with van der Waals surface area (Å²) in [7, 11) is 1.72. The Kier molecular flexibility index (Phi) is 6.62. The Bertz CT molecular complexity index is 229. The summed E-state index contributed by atoms with van der Waals surface area (Å²) in [6.45, 7) is 9.96. The van der Waals surface area contributed by atoms with Crippen molar-refractivity contribution in [1.29, 1.82) is 5.26 Å². The number of unbranched alkanes of at least 4 members (excludes halogenated alkanes) is 1. The summed E-state index contributed by atoms with van der Waals surface area (Å²) in [6, 6.07) is 2.33. The molecule has 0 unspecified atom stereocenters. The second-order valence-electron chi connectivity index (χ2n) is 5.70. The fraction of sp³-hybridized carbons (Fsp3) is 0.923. The third kappa shape index (κ3) is 7.67. The van der Waals surface area contributed by atoms with Crippen LogP contribution in [0.25, 0.3) is 0 Å². The van der Waals surface area contributed by atoms with E-state index >= 15 is 0 Å². The van der Waals surface area contributed by atoms with Crippen LogP contribution in [-0.2, 0) is 4.74 Å². The minimum Gasteiger partial charge on any atom is -0.383 e. The number of nitriles is 1. The fourth-order valence-electron chi connectivity index (χ4n) is 1.59. The van der Waals surface area contributed by atoms with Gasteiger partial charge in [-0.15, -0.1) is 0 Å². The van der Waals surface area contributed by atoms with E-state index in [9.17, 15) is 0 Å². The second-order valence-corrected chi connectivity index (χ2v) is 5.70. The Hall–Kier alpha value is -0.590. The number of nitrogens with zero attached hydrogens (tertiary/aromatic N) is 1. The lowest BCUT2D eigenvalue weighted by molar-refractivity contribution is 0.128. The monoisotopic (exact) mass is 226 g/mol. The van der Waals surface area contributed by atoms with E-state index in [0.29, 0.717) is 0 Å². The second kappa shape index (κ2) is 6.88. The molecule has 16 heavy (non-hydrogen) atoms. The van der Waals surface area contributed by atoms with Crippen LogP contribution in [0.15, 0.2) is 0 Å². The van der Waals surface area contributed by atoms with Crippen LogP contribution in [0.3, 0.4) is 0 Å². The van der Waals surface area contributed by atoms with Crippen molar-refractivity contribution < 1.29 is 4.74 Å². The Morgan fingerprint density at radius 3 is 2.31 bits per heavy atom. The van der Waals surface area contributed by atoms with Gasteiger partial charge in [0, 0.05) is 12.6 Å². The average Bonchev–Trinajstić information content (AvgIpc) is 2.17. The molecule has 0 bridgehead atoms. The van der Waals surface area contributed by atoms with Crippen molar-refractivity contribution in [3.8, 4) is 6.07 Å². The first-order chi connectivity index (χ1) is 7.33. The van der Waals surface area contributed by atoms with Crippen LogP contribution in [0.2, 0.25) is 0 Å². The van der Waals surface area contributed by atoms with Crippen LogP contribution >= 0.6 is 0 Å². The fourth-order valence-corrected chi connectivity index (χ4v) is 1.59. The van der Waals surface area contributed by atoms with Gasteiger partial charge >= 0.3 is 0 Å². The highest BCUT2D eigenvalue weighted by Crippen LogP contribution is 2.21. The van der Waals surface area contributed by atoms with Gasteiger partial charge in [0.25, 0.3) is 0 Å². The molecule has 0 radical (unpaired) electrons. The molecule has 0 aliphatic heterocycles. The van der Waals surface area contributed by atoms with Gasteiger partial charge in [0.15, 0.2) is 0 Å². The standard InChI is InChI=1S/C13H26N2O/c1-12(2,10-14)8-6-7-9-15-13(3,4)11-16-5/h15H,6-9,11H2,1-5H3. The molecule has 0 amide bonds. The maximum absolute atomic E-state index is 8.87. The molecule has 0 fully saturated rings. The van der Waals surface area contributed by atoms with Gasteiger partial charge < -0.3 is 10.1 Å². The van der Waals surface area contributed by atoms with Crippen molar-refractivity contribution in [2.24, 2.45) is 5.41 Å². The van der Waals surface area contributed by atoms with Crippen molar-refractivity contribution >= 4 is 0 Å². The molecule has 0 atom stereocenters. The normalized spacial score (nSPS) is 12.5. The topological polar surface area (TPSA) is 45.0 Å². The highest BCUT2D eigenvalue weighted by Gasteiger charge is 2.17. The number of nitrogens with one attached hydrogen (secondary N) is 1. The van der Waals surface area contributed by atoms with E-state index in [0.717, 1.165) is 32.4 Å². The molecule has 0 aromatic rings. The minimum atomic E-state index is -0.179. The predicted octanol–water partition coefficient (Wildman–Crippen LogP) is 2.72. The van der Waals surface area contributed by atoms with E-state index in [1.54, 1.807) is 7.11 Å². The summed E-state index contributed by atoms with van der Waals surface area (Å²) < 4.78 is 5.13. The Balaban J connectivity index is 3.59. The molecule has 0 aromatic heterocycles. The van der Waals surface area contributed by atoms with Gasteiger partial charge in [-0.25, -0.2) is 0 Å². The van der Waals surface area contributed by atoms with E-state index < -0.39 is 0 Å². The molecule has 0 saturated heterocycles. The lowest BCUT2D eigenvalue weighted by Crippen LogP contribution is -2.43. The van der Waals surface area contributed by atoms with Gasteiger partial charge in [0.05, 0.1) is 18.1 Å². The lowest BCUT2D eigenvalue weighted by atomic mass is 9.89. The summed E-state index contributed by atoms with van der Waals surface area (Å²) >= 11 is 0. The first kappa shape index (κ1) is 15.4. The zero-order chi connectivity index (χ0) is 12.7. The van der Waals surface area contributed by atoms with Gasteiger partial charge in [-0.05, 0) is 47.1 Å². The van der Waals surface area contributed by atoms with Crippen LogP contribution in [-0.4, -0.2) is 25.8 Å². The molecule has 0 aromatic carbocycles. The molecular formula is C13H26N2O. The van der Waals surface area contributed by atoms with E-state index in [1.807, 2.05) is 13.8 Å². The van der Waals surface area contributed by atoms with Gasteiger partial charge in [0.2, 0.25) is 0 Å². The quantitative estimate of drug-likeness (QED) is 0.647. The molecule has 1 N–H and O–H groups in total.